The van der Waals surface area contributed by atoms with Gasteiger partial charge in [0.25, 0.3) is 0 Å². The van der Waals surface area contributed by atoms with E-state index in [2.05, 4.69) is 48.7 Å². The average Bonchev–Trinajstić information content (AvgIpc) is 3.30. The minimum Gasteiger partial charge on any atom is -0.388 e. The maximum Gasteiger partial charge on any atom is 0.0803 e. The van der Waals surface area contributed by atoms with E-state index in [0.29, 0.717) is 13.1 Å². The molecule has 0 saturated heterocycles. The molecule has 2 saturated carbocycles. The Morgan fingerprint density at radius 1 is 0.733 bits per heavy atom. The summed E-state index contributed by atoms with van der Waals surface area (Å²) in [4.78, 5) is 0. The van der Waals surface area contributed by atoms with Crippen molar-refractivity contribution in [1.29, 1.82) is 0 Å². The fourth-order valence-electron chi connectivity index (χ4n) is 5.69. The SMILES string of the molecule is CC(NCC1(O)CCC2C1CCC2(O)CNC(C)c1ccccc1)c1ccccc1. The highest BCUT2D eigenvalue weighted by atomic mass is 16.3. The summed E-state index contributed by atoms with van der Waals surface area (Å²) in [5, 5.41) is 30.0. The second kappa shape index (κ2) is 8.80. The van der Waals surface area contributed by atoms with E-state index in [4.69, 9.17) is 0 Å². The minimum atomic E-state index is -0.733. The Morgan fingerprint density at radius 2 is 1.10 bits per heavy atom. The lowest BCUT2D eigenvalue weighted by Gasteiger charge is -2.34. The van der Waals surface area contributed by atoms with Gasteiger partial charge in [0.2, 0.25) is 0 Å². The van der Waals surface area contributed by atoms with E-state index >= 15 is 0 Å². The van der Waals surface area contributed by atoms with Crippen LogP contribution in [-0.4, -0.2) is 34.5 Å². The van der Waals surface area contributed by atoms with Crippen molar-refractivity contribution in [2.45, 2.75) is 62.8 Å². The number of nitrogens with one attached hydrogen (secondary N) is 2. The number of rotatable bonds is 8. The number of benzene rings is 2. The van der Waals surface area contributed by atoms with Crippen LogP contribution in [0.25, 0.3) is 0 Å². The van der Waals surface area contributed by atoms with Gasteiger partial charge in [0.05, 0.1) is 11.2 Å². The van der Waals surface area contributed by atoms with E-state index in [-0.39, 0.29) is 23.9 Å². The zero-order valence-corrected chi connectivity index (χ0v) is 18.2. The fourth-order valence-corrected chi connectivity index (χ4v) is 5.69. The van der Waals surface area contributed by atoms with Gasteiger partial charge in [-0.3, -0.25) is 0 Å². The maximum absolute atomic E-state index is 11.5. The van der Waals surface area contributed by atoms with Crippen molar-refractivity contribution in [3.05, 3.63) is 71.8 Å². The minimum absolute atomic E-state index is 0.159. The molecule has 0 aromatic heterocycles. The molecule has 2 fully saturated rings. The quantitative estimate of drug-likeness (QED) is 0.534. The molecule has 30 heavy (non-hydrogen) atoms. The van der Waals surface area contributed by atoms with Crippen LogP contribution in [0, 0.1) is 11.8 Å². The van der Waals surface area contributed by atoms with Crippen LogP contribution < -0.4 is 10.6 Å². The topological polar surface area (TPSA) is 64.5 Å². The highest BCUT2D eigenvalue weighted by Crippen LogP contribution is 2.54. The molecule has 0 heterocycles. The lowest BCUT2D eigenvalue weighted by Crippen LogP contribution is -2.48. The van der Waals surface area contributed by atoms with Crippen molar-refractivity contribution in [2.24, 2.45) is 11.8 Å². The summed E-state index contributed by atoms with van der Waals surface area (Å²) in [6.07, 6.45) is 3.29. The highest BCUT2D eigenvalue weighted by molar-refractivity contribution is 5.20. The smallest absolute Gasteiger partial charge is 0.0803 e. The monoisotopic (exact) mass is 408 g/mol. The van der Waals surface area contributed by atoms with Gasteiger partial charge in [-0.1, -0.05) is 60.7 Å². The summed E-state index contributed by atoms with van der Waals surface area (Å²) in [6.45, 7) is 5.44. The van der Waals surface area contributed by atoms with E-state index in [9.17, 15) is 10.2 Å². The van der Waals surface area contributed by atoms with Crippen molar-refractivity contribution >= 4 is 0 Å². The Morgan fingerprint density at radius 3 is 1.47 bits per heavy atom. The summed E-state index contributed by atoms with van der Waals surface area (Å²) in [7, 11) is 0. The molecule has 4 nitrogen and oxygen atoms in total. The molecule has 2 aromatic carbocycles. The van der Waals surface area contributed by atoms with Crippen LogP contribution in [0.1, 0.15) is 62.7 Å². The van der Waals surface area contributed by atoms with Gasteiger partial charge >= 0.3 is 0 Å². The van der Waals surface area contributed by atoms with Crippen LogP contribution in [0.15, 0.2) is 60.7 Å². The lowest BCUT2D eigenvalue weighted by atomic mass is 9.83. The van der Waals surface area contributed by atoms with Crippen LogP contribution in [0.3, 0.4) is 0 Å². The first kappa shape index (κ1) is 21.5. The molecule has 162 valence electrons. The third-order valence-corrected chi connectivity index (χ3v) is 7.67. The van der Waals surface area contributed by atoms with Crippen molar-refractivity contribution in [2.75, 3.05) is 13.1 Å². The maximum atomic E-state index is 11.5. The van der Waals surface area contributed by atoms with Gasteiger partial charge in [0.1, 0.15) is 0 Å². The highest BCUT2D eigenvalue weighted by Gasteiger charge is 2.58. The van der Waals surface area contributed by atoms with E-state index in [1.54, 1.807) is 0 Å². The Balaban J connectivity index is 1.35. The summed E-state index contributed by atoms with van der Waals surface area (Å²) >= 11 is 0. The molecule has 6 atom stereocenters. The van der Waals surface area contributed by atoms with Gasteiger partial charge in [0.15, 0.2) is 0 Å². The number of aliphatic hydroxyl groups is 2. The molecular formula is C26H36N2O2. The standard InChI is InChI=1S/C26H36N2O2/c1-19(21-9-5-3-6-10-21)27-17-25(29)15-13-24-23(25)14-16-26(24,30)18-28-20(2)22-11-7-4-8-12-22/h3-12,19-20,23-24,27-30H,13-18H2,1-2H3. The molecule has 0 bridgehead atoms. The second-order valence-electron chi connectivity index (χ2n) is 9.52. The van der Waals surface area contributed by atoms with Crippen molar-refractivity contribution in [3.63, 3.8) is 0 Å². The Kier molecular flexibility index (Phi) is 6.31. The summed E-state index contributed by atoms with van der Waals surface area (Å²) in [5.74, 6) is 0.318. The molecule has 4 N–H and O–H groups in total. The lowest BCUT2D eigenvalue weighted by molar-refractivity contribution is -0.0300. The molecule has 0 aliphatic heterocycles. The second-order valence-corrected chi connectivity index (χ2v) is 9.52. The van der Waals surface area contributed by atoms with Gasteiger partial charge < -0.3 is 20.8 Å². The van der Waals surface area contributed by atoms with Crippen molar-refractivity contribution < 1.29 is 10.2 Å². The van der Waals surface area contributed by atoms with Crippen LogP contribution in [0.2, 0.25) is 0 Å². The zero-order chi connectivity index (χ0) is 21.2. The molecule has 6 unspecified atom stereocenters. The van der Waals surface area contributed by atoms with Crippen LogP contribution in [0.5, 0.6) is 0 Å². The molecular weight excluding hydrogens is 372 g/mol. The third-order valence-electron chi connectivity index (χ3n) is 7.67. The van der Waals surface area contributed by atoms with Gasteiger partial charge in [-0.15, -0.1) is 0 Å². The zero-order valence-electron chi connectivity index (χ0n) is 18.2. The van der Waals surface area contributed by atoms with Crippen molar-refractivity contribution in [1.82, 2.24) is 10.6 Å². The molecule has 0 amide bonds. The summed E-state index contributed by atoms with van der Waals surface area (Å²) in [5.41, 5.74) is 1.00. The largest absolute Gasteiger partial charge is 0.388 e. The Bertz CT molecular complexity index is 745. The molecule has 2 aromatic rings. The first-order valence-corrected chi connectivity index (χ1v) is 11.4. The molecule has 4 heteroatoms. The van der Waals surface area contributed by atoms with E-state index in [0.717, 1.165) is 25.7 Å². The number of hydrogen-bond donors (Lipinski definition) is 4. The first-order chi connectivity index (χ1) is 14.4. The van der Waals surface area contributed by atoms with Gasteiger partial charge in [0, 0.05) is 25.2 Å². The van der Waals surface area contributed by atoms with Gasteiger partial charge in [-0.05, 0) is 62.5 Å². The number of hydrogen-bond acceptors (Lipinski definition) is 4. The summed E-state index contributed by atoms with van der Waals surface area (Å²) < 4.78 is 0. The first-order valence-electron chi connectivity index (χ1n) is 11.4. The molecule has 0 radical (unpaired) electrons. The average molecular weight is 409 g/mol. The van der Waals surface area contributed by atoms with Crippen LogP contribution >= 0.6 is 0 Å². The van der Waals surface area contributed by atoms with E-state index in [1.807, 2.05) is 36.4 Å². The van der Waals surface area contributed by atoms with Crippen LogP contribution in [0.4, 0.5) is 0 Å². The van der Waals surface area contributed by atoms with Crippen molar-refractivity contribution in [3.8, 4) is 0 Å². The predicted molar refractivity (Wildman–Crippen MR) is 121 cm³/mol. The molecule has 4 rings (SSSR count). The van der Waals surface area contributed by atoms with Gasteiger partial charge in [-0.25, -0.2) is 0 Å². The summed E-state index contributed by atoms with van der Waals surface area (Å²) in [6, 6.07) is 21.1. The molecule has 2 aliphatic rings. The van der Waals surface area contributed by atoms with E-state index < -0.39 is 11.2 Å². The number of fused-ring (bicyclic) bond motifs is 1. The molecule has 2 aliphatic carbocycles. The van der Waals surface area contributed by atoms with E-state index in [1.165, 1.54) is 11.1 Å². The Hall–Kier alpha value is -1.72. The predicted octanol–water partition coefficient (Wildman–Crippen LogP) is 3.97. The molecule has 0 spiro atoms. The third kappa shape index (κ3) is 4.33. The Labute approximate surface area is 180 Å². The normalized spacial score (nSPS) is 32.7. The van der Waals surface area contributed by atoms with Gasteiger partial charge in [-0.2, -0.15) is 0 Å². The fraction of sp³-hybridized carbons (Fsp3) is 0.538. The van der Waals surface area contributed by atoms with Crippen LogP contribution in [-0.2, 0) is 0 Å².